The number of nitrogens with zero attached hydrogens (tertiary/aromatic N) is 1. The third-order valence-electron chi connectivity index (χ3n) is 3.48. The molecule has 3 atom stereocenters. The average Bonchev–Trinajstić information content (AvgIpc) is 2.33. The van der Waals surface area contributed by atoms with Crippen molar-refractivity contribution in [3.8, 4) is 6.07 Å². The molecule has 0 N–H and O–H groups in total. The van der Waals surface area contributed by atoms with Gasteiger partial charge >= 0.3 is 5.97 Å². The fourth-order valence-electron chi connectivity index (χ4n) is 2.46. The van der Waals surface area contributed by atoms with Crippen LogP contribution in [-0.2, 0) is 9.53 Å². The summed E-state index contributed by atoms with van der Waals surface area (Å²) in [5.74, 6) is 0.986. The van der Waals surface area contributed by atoms with Crippen molar-refractivity contribution >= 4 is 17.7 Å². The van der Waals surface area contributed by atoms with Crippen LogP contribution in [0, 0.1) is 23.2 Å². The van der Waals surface area contributed by atoms with Crippen molar-refractivity contribution in [3.63, 3.8) is 0 Å². The number of carbonyl (C=O) groups is 1. The SMILES string of the molecule is CCC1CCC(C#N)C(SCC(=O)OC(C)(C)C)C1. The Balaban J connectivity index is 2.45. The second-order valence-electron chi connectivity index (χ2n) is 6.26. The second-order valence-corrected chi connectivity index (χ2v) is 7.49. The van der Waals surface area contributed by atoms with Gasteiger partial charge in [-0.15, -0.1) is 11.8 Å². The highest BCUT2D eigenvalue weighted by atomic mass is 32.2. The number of ether oxygens (including phenoxy) is 1. The van der Waals surface area contributed by atoms with Crippen LogP contribution in [0.3, 0.4) is 0 Å². The number of rotatable bonds is 4. The molecule has 19 heavy (non-hydrogen) atoms. The molecule has 0 aromatic rings. The Morgan fingerprint density at radius 2 is 2.11 bits per heavy atom. The van der Waals surface area contributed by atoms with E-state index in [-0.39, 0.29) is 17.1 Å². The fourth-order valence-corrected chi connectivity index (χ4v) is 3.71. The summed E-state index contributed by atoms with van der Waals surface area (Å²) in [6.45, 7) is 7.83. The van der Waals surface area contributed by atoms with E-state index < -0.39 is 5.60 Å². The topological polar surface area (TPSA) is 50.1 Å². The third kappa shape index (κ3) is 5.86. The van der Waals surface area contributed by atoms with Gasteiger partial charge in [-0.1, -0.05) is 13.3 Å². The van der Waals surface area contributed by atoms with Crippen molar-refractivity contribution < 1.29 is 9.53 Å². The van der Waals surface area contributed by atoms with Gasteiger partial charge in [-0.3, -0.25) is 4.79 Å². The number of hydrogen-bond donors (Lipinski definition) is 0. The predicted molar refractivity (Wildman–Crippen MR) is 78.8 cm³/mol. The fraction of sp³-hybridized carbons (Fsp3) is 0.867. The maximum Gasteiger partial charge on any atom is 0.316 e. The van der Waals surface area contributed by atoms with Gasteiger partial charge in [-0.05, 0) is 46.0 Å². The Morgan fingerprint density at radius 1 is 1.42 bits per heavy atom. The van der Waals surface area contributed by atoms with Gasteiger partial charge in [0.15, 0.2) is 0 Å². The Morgan fingerprint density at radius 3 is 2.63 bits per heavy atom. The normalized spacial score (nSPS) is 27.6. The van der Waals surface area contributed by atoms with Crippen molar-refractivity contribution in [1.29, 1.82) is 5.26 Å². The van der Waals surface area contributed by atoms with E-state index in [4.69, 9.17) is 4.74 Å². The minimum atomic E-state index is -0.426. The maximum atomic E-state index is 11.7. The Bertz CT molecular complexity index is 343. The summed E-state index contributed by atoms with van der Waals surface area (Å²) in [6.07, 6.45) is 4.35. The van der Waals surface area contributed by atoms with Gasteiger partial charge in [0, 0.05) is 5.25 Å². The monoisotopic (exact) mass is 283 g/mol. The molecule has 0 amide bonds. The van der Waals surface area contributed by atoms with Crippen molar-refractivity contribution in [2.24, 2.45) is 11.8 Å². The predicted octanol–water partition coefficient (Wildman–Crippen LogP) is 3.78. The number of carbonyl (C=O) groups excluding carboxylic acids is 1. The van der Waals surface area contributed by atoms with E-state index in [1.807, 2.05) is 20.8 Å². The molecule has 1 fully saturated rings. The average molecular weight is 283 g/mol. The van der Waals surface area contributed by atoms with Crippen LogP contribution in [0.1, 0.15) is 53.4 Å². The van der Waals surface area contributed by atoms with Gasteiger partial charge in [0.2, 0.25) is 0 Å². The first kappa shape index (κ1) is 16.4. The molecule has 3 unspecified atom stereocenters. The zero-order chi connectivity index (χ0) is 14.5. The van der Waals surface area contributed by atoms with Crippen LogP contribution in [0.25, 0.3) is 0 Å². The first-order valence-electron chi connectivity index (χ1n) is 7.08. The molecule has 1 rings (SSSR count). The van der Waals surface area contributed by atoms with E-state index in [1.165, 1.54) is 6.42 Å². The number of thioether (sulfide) groups is 1. The maximum absolute atomic E-state index is 11.7. The van der Waals surface area contributed by atoms with Crippen molar-refractivity contribution in [2.75, 3.05) is 5.75 Å². The number of hydrogen-bond acceptors (Lipinski definition) is 4. The first-order valence-corrected chi connectivity index (χ1v) is 8.13. The van der Waals surface area contributed by atoms with Crippen LogP contribution in [0.5, 0.6) is 0 Å². The Kier molecular flexibility index (Phi) is 6.19. The molecule has 0 bridgehead atoms. The van der Waals surface area contributed by atoms with Gasteiger partial charge in [0.25, 0.3) is 0 Å². The zero-order valence-corrected chi connectivity index (χ0v) is 13.3. The zero-order valence-electron chi connectivity index (χ0n) is 12.4. The molecule has 0 aliphatic heterocycles. The quantitative estimate of drug-likeness (QED) is 0.737. The minimum absolute atomic E-state index is 0.0928. The van der Waals surface area contributed by atoms with Crippen LogP contribution in [0.4, 0.5) is 0 Å². The summed E-state index contributed by atoms with van der Waals surface area (Å²) < 4.78 is 5.31. The third-order valence-corrected chi connectivity index (χ3v) is 4.83. The van der Waals surface area contributed by atoms with Crippen molar-refractivity contribution in [3.05, 3.63) is 0 Å². The van der Waals surface area contributed by atoms with Crippen LogP contribution in [0.2, 0.25) is 0 Å². The van der Waals surface area contributed by atoms with Crippen molar-refractivity contribution in [1.82, 2.24) is 0 Å². The molecule has 4 heteroatoms. The van der Waals surface area contributed by atoms with Gasteiger partial charge in [-0.25, -0.2) is 0 Å². The van der Waals surface area contributed by atoms with Crippen LogP contribution in [0.15, 0.2) is 0 Å². The second kappa shape index (κ2) is 7.19. The molecule has 0 spiro atoms. The molecule has 0 saturated heterocycles. The number of esters is 1. The lowest BCUT2D eigenvalue weighted by Crippen LogP contribution is -2.29. The van der Waals surface area contributed by atoms with Gasteiger partial charge < -0.3 is 4.74 Å². The Hall–Kier alpha value is -0.690. The highest BCUT2D eigenvalue weighted by molar-refractivity contribution is 8.00. The van der Waals surface area contributed by atoms with E-state index in [1.54, 1.807) is 11.8 Å². The minimum Gasteiger partial charge on any atom is -0.459 e. The van der Waals surface area contributed by atoms with Gasteiger partial charge in [0.1, 0.15) is 5.60 Å². The largest absolute Gasteiger partial charge is 0.459 e. The van der Waals surface area contributed by atoms with Gasteiger partial charge in [-0.2, -0.15) is 5.26 Å². The molecule has 0 aromatic carbocycles. The lowest BCUT2D eigenvalue weighted by Gasteiger charge is -2.31. The summed E-state index contributed by atoms with van der Waals surface area (Å²) in [5, 5.41) is 9.48. The van der Waals surface area contributed by atoms with E-state index in [0.29, 0.717) is 11.7 Å². The number of nitriles is 1. The lowest BCUT2D eigenvalue weighted by atomic mass is 9.81. The lowest BCUT2D eigenvalue weighted by molar-refractivity contribution is -0.151. The smallest absolute Gasteiger partial charge is 0.316 e. The van der Waals surface area contributed by atoms with Gasteiger partial charge in [0.05, 0.1) is 17.7 Å². The molecule has 3 nitrogen and oxygen atoms in total. The Labute approximate surface area is 121 Å². The first-order chi connectivity index (χ1) is 8.85. The molecule has 1 saturated carbocycles. The summed E-state index contributed by atoms with van der Waals surface area (Å²) in [4.78, 5) is 11.7. The molecular formula is C15H25NO2S. The highest BCUT2D eigenvalue weighted by Crippen LogP contribution is 2.37. The molecule has 0 heterocycles. The molecule has 1 aliphatic rings. The highest BCUT2D eigenvalue weighted by Gasteiger charge is 2.31. The summed E-state index contributed by atoms with van der Waals surface area (Å²) in [5.41, 5.74) is -0.426. The molecule has 108 valence electrons. The summed E-state index contributed by atoms with van der Waals surface area (Å²) in [6, 6.07) is 2.40. The van der Waals surface area contributed by atoms with Crippen molar-refractivity contribution in [2.45, 2.75) is 64.2 Å². The molecule has 1 aliphatic carbocycles. The van der Waals surface area contributed by atoms with Crippen LogP contribution in [-0.4, -0.2) is 22.6 Å². The van der Waals surface area contributed by atoms with E-state index in [9.17, 15) is 10.1 Å². The van der Waals surface area contributed by atoms with Crippen LogP contribution < -0.4 is 0 Å². The molecular weight excluding hydrogens is 258 g/mol. The van der Waals surface area contributed by atoms with E-state index in [0.717, 1.165) is 19.3 Å². The van der Waals surface area contributed by atoms with E-state index in [2.05, 4.69) is 13.0 Å². The summed E-state index contributed by atoms with van der Waals surface area (Å²) >= 11 is 1.60. The standard InChI is InChI=1S/C15H25NO2S/c1-5-11-6-7-12(9-16)13(8-11)19-10-14(17)18-15(2,3)4/h11-13H,5-8,10H2,1-4H3. The molecule has 0 radical (unpaired) electrons. The summed E-state index contributed by atoms with van der Waals surface area (Å²) in [7, 11) is 0. The van der Waals surface area contributed by atoms with E-state index >= 15 is 0 Å². The van der Waals surface area contributed by atoms with Crippen LogP contribution >= 0.6 is 11.8 Å². The molecule has 0 aromatic heterocycles.